The molecule has 0 aliphatic rings. The van der Waals surface area contributed by atoms with E-state index in [0.717, 1.165) is 5.56 Å². The van der Waals surface area contributed by atoms with Gasteiger partial charge in [0.25, 0.3) is 6.43 Å². The van der Waals surface area contributed by atoms with Crippen LogP contribution in [0.5, 0.6) is 0 Å². The summed E-state index contributed by atoms with van der Waals surface area (Å²) in [5, 5.41) is 1.82. The van der Waals surface area contributed by atoms with Crippen LogP contribution in [0.2, 0.25) is 5.28 Å². The summed E-state index contributed by atoms with van der Waals surface area (Å²) >= 11 is 5.84. The third-order valence-electron chi connectivity index (χ3n) is 3.66. The number of benzene rings is 1. The van der Waals surface area contributed by atoms with Crippen molar-refractivity contribution >= 4 is 35.9 Å². The Kier molecular flexibility index (Phi) is 4.60. The Morgan fingerprint density at radius 2 is 2.00 bits per heavy atom. The van der Waals surface area contributed by atoms with Crippen molar-refractivity contribution in [1.29, 1.82) is 0 Å². The van der Waals surface area contributed by atoms with E-state index < -0.39 is 6.43 Å². The minimum absolute atomic E-state index is 0.0548. The molecule has 2 aromatic heterocycles. The number of halogens is 3. The van der Waals surface area contributed by atoms with Crippen molar-refractivity contribution in [1.82, 2.24) is 14.5 Å². The lowest BCUT2D eigenvalue weighted by molar-refractivity contribution is 0.142. The van der Waals surface area contributed by atoms with E-state index in [9.17, 15) is 8.78 Å². The first kappa shape index (κ1) is 16.3. The van der Waals surface area contributed by atoms with Gasteiger partial charge in [0, 0.05) is 11.6 Å². The first-order valence-corrected chi connectivity index (χ1v) is 9.64. The molecule has 0 atom stereocenters. The van der Waals surface area contributed by atoms with Gasteiger partial charge in [-0.2, -0.15) is 4.98 Å². The molecule has 0 spiro atoms. The van der Waals surface area contributed by atoms with Crippen LogP contribution in [0.4, 0.5) is 8.78 Å². The van der Waals surface area contributed by atoms with E-state index in [0.29, 0.717) is 17.6 Å². The molecule has 23 heavy (non-hydrogen) atoms. The fourth-order valence-electron chi connectivity index (χ4n) is 2.64. The first-order valence-electron chi connectivity index (χ1n) is 7.02. The highest BCUT2D eigenvalue weighted by Crippen LogP contribution is 2.30. The highest BCUT2D eigenvalue weighted by Gasteiger charge is 2.19. The number of rotatable bonds is 4. The van der Waals surface area contributed by atoms with E-state index in [-0.39, 0.29) is 18.9 Å². The quantitative estimate of drug-likeness (QED) is 0.513. The van der Waals surface area contributed by atoms with Crippen molar-refractivity contribution in [3.63, 3.8) is 0 Å². The Morgan fingerprint density at radius 1 is 1.26 bits per heavy atom. The lowest BCUT2D eigenvalue weighted by atomic mass is 10.2. The molecule has 0 unspecified atom stereocenters. The highest BCUT2D eigenvalue weighted by atomic mass is 35.5. The molecule has 3 rings (SSSR count). The largest absolute Gasteiger partial charge is 0.320 e. The molecule has 0 bridgehead atoms. The maximum absolute atomic E-state index is 13.4. The van der Waals surface area contributed by atoms with Gasteiger partial charge in [-0.05, 0) is 41.9 Å². The third kappa shape index (κ3) is 3.22. The van der Waals surface area contributed by atoms with E-state index in [1.165, 1.54) is 22.1 Å². The second-order valence-electron chi connectivity index (χ2n) is 5.40. The molecule has 1 aromatic carbocycles. The topological polar surface area (TPSA) is 30.7 Å². The molecule has 120 valence electrons. The van der Waals surface area contributed by atoms with Crippen molar-refractivity contribution in [2.45, 2.75) is 13.0 Å². The van der Waals surface area contributed by atoms with Gasteiger partial charge in [-0.15, -0.1) is 0 Å². The van der Waals surface area contributed by atoms with Gasteiger partial charge in [0.1, 0.15) is 5.65 Å². The monoisotopic (exact) mass is 353 g/mol. The molecular formula is C16H15ClF2N3P. The van der Waals surface area contributed by atoms with E-state index >= 15 is 0 Å². The molecule has 0 N–H and O–H groups in total. The van der Waals surface area contributed by atoms with Crippen LogP contribution in [0, 0.1) is 0 Å². The zero-order chi connectivity index (χ0) is 16.6. The summed E-state index contributed by atoms with van der Waals surface area (Å²) in [6, 6.07) is 9.35. The number of nitrogens with zero attached hydrogens (tertiary/aromatic N) is 3. The number of hydrogen-bond donors (Lipinski definition) is 0. The number of alkyl halides is 2. The SMILES string of the molecule is CP(C)c1ccccc1Cn1c(C(F)F)cc2cnc(Cl)nc21. The number of aromatic nitrogens is 3. The Labute approximate surface area is 139 Å². The third-order valence-corrected chi connectivity index (χ3v) is 5.24. The van der Waals surface area contributed by atoms with Crippen LogP contribution in [-0.2, 0) is 6.54 Å². The Balaban J connectivity index is 2.16. The van der Waals surface area contributed by atoms with Crippen LogP contribution >= 0.6 is 19.5 Å². The van der Waals surface area contributed by atoms with Gasteiger partial charge in [0.15, 0.2) is 0 Å². The lowest BCUT2D eigenvalue weighted by Gasteiger charge is -2.15. The molecule has 3 aromatic rings. The van der Waals surface area contributed by atoms with Gasteiger partial charge in [-0.1, -0.05) is 32.2 Å². The molecule has 0 saturated heterocycles. The Bertz CT molecular complexity index is 848. The molecule has 0 fully saturated rings. The van der Waals surface area contributed by atoms with Crippen LogP contribution in [0.3, 0.4) is 0 Å². The molecule has 0 amide bonds. The Hall–Kier alpha value is -1.58. The second kappa shape index (κ2) is 6.50. The van der Waals surface area contributed by atoms with E-state index in [2.05, 4.69) is 29.4 Å². The number of hydrogen-bond acceptors (Lipinski definition) is 2. The maximum Gasteiger partial charge on any atom is 0.278 e. The van der Waals surface area contributed by atoms with Gasteiger partial charge in [0.05, 0.1) is 12.2 Å². The number of fused-ring (bicyclic) bond motifs is 1. The van der Waals surface area contributed by atoms with E-state index in [1.807, 2.05) is 18.2 Å². The van der Waals surface area contributed by atoms with Crippen molar-refractivity contribution in [3.05, 3.63) is 53.1 Å². The van der Waals surface area contributed by atoms with E-state index in [4.69, 9.17) is 11.6 Å². The van der Waals surface area contributed by atoms with Crippen LogP contribution in [-0.4, -0.2) is 27.9 Å². The summed E-state index contributed by atoms with van der Waals surface area (Å²) in [5.41, 5.74) is 1.40. The molecule has 0 aliphatic carbocycles. The van der Waals surface area contributed by atoms with Crippen LogP contribution in [0.25, 0.3) is 11.0 Å². The lowest BCUT2D eigenvalue weighted by Crippen LogP contribution is -2.13. The van der Waals surface area contributed by atoms with Crippen molar-refractivity contribution in [2.24, 2.45) is 0 Å². The van der Waals surface area contributed by atoms with Gasteiger partial charge in [-0.3, -0.25) is 0 Å². The minimum atomic E-state index is -2.58. The molecule has 0 aliphatic heterocycles. The summed E-state index contributed by atoms with van der Waals surface area (Å²) in [6.45, 7) is 4.64. The molecular weight excluding hydrogens is 339 g/mol. The first-order chi connectivity index (χ1) is 11.0. The van der Waals surface area contributed by atoms with Crippen molar-refractivity contribution in [3.8, 4) is 0 Å². The maximum atomic E-state index is 13.4. The second-order valence-corrected chi connectivity index (χ2v) is 8.01. The standard InChI is InChI=1S/C16H15ClF2N3P/c1-23(2)13-6-4-3-5-10(13)9-22-12(14(18)19)7-11-8-20-16(17)21-15(11)22/h3-8,14H,9H2,1-2H3. The van der Waals surface area contributed by atoms with Gasteiger partial charge >= 0.3 is 0 Å². The fourth-order valence-corrected chi connectivity index (χ4v) is 3.87. The summed E-state index contributed by atoms with van der Waals surface area (Å²) in [6.07, 6.45) is -1.11. The van der Waals surface area contributed by atoms with Crippen LogP contribution < -0.4 is 5.30 Å². The van der Waals surface area contributed by atoms with Crippen molar-refractivity contribution in [2.75, 3.05) is 13.3 Å². The van der Waals surface area contributed by atoms with Gasteiger partial charge in [0.2, 0.25) is 5.28 Å². The zero-order valence-corrected chi connectivity index (χ0v) is 14.3. The smallest absolute Gasteiger partial charge is 0.278 e. The van der Waals surface area contributed by atoms with Crippen molar-refractivity contribution < 1.29 is 8.78 Å². The minimum Gasteiger partial charge on any atom is -0.320 e. The zero-order valence-electron chi connectivity index (χ0n) is 12.7. The average molecular weight is 354 g/mol. The Morgan fingerprint density at radius 3 is 2.70 bits per heavy atom. The predicted octanol–water partition coefficient (Wildman–Crippen LogP) is 4.44. The van der Waals surface area contributed by atoms with Gasteiger partial charge in [-0.25, -0.2) is 13.8 Å². The summed E-state index contributed by atoms with van der Waals surface area (Å²) in [7, 11) is -0.332. The normalized spacial score (nSPS) is 11.8. The molecule has 2 heterocycles. The van der Waals surface area contributed by atoms with Crippen LogP contribution in [0.15, 0.2) is 36.5 Å². The molecule has 0 radical (unpaired) electrons. The summed E-state index contributed by atoms with van der Waals surface area (Å²) in [5.74, 6) is 0. The summed E-state index contributed by atoms with van der Waals surface area (Å²) < 4.78 is 28.4. The summed E-state index contributed by atoms with van der Waals surface area (Å²) in [4.78, 5) is 8.01. The molecule has 7 heteroatoms. The highest BCUT2D eigenvalue weighted by molar-refractivity contribution is 7.64. The van der Waals surface area contributed by atoms with E-state index in [1.54, 1.807) is 0 Å². The van der Waals surface area contributed by atoms with Gasteiger partial charge < -0.3 is 4.57 Å². The molecule has 0 saturated carbocycles. The average Bonchev–Trinajstić information content (AvgIpc) is 2.86. The predicted molar refractivity (Wildman–Crippen MR) is 91.4 cm³/mol. The fraction of sp³-hybridized carbons (Fsp3) is 0.250. The molecule has 3 nitrogen and oxygen atoms in total. The van der Waals surface area contributed by atoms with Crippen LogP contribution in [0.1, 0.15) is 17.7 Å².